The number of carboxylic acid groups (broad SMARTS) is 1. The lowest BCUT2D eigenvalue weighted by atomic mass is 10.1. The Balaban J connectivity index is 2.66. The summed E-state index contributed by atoms with van der Waals surface area (Å²) in [6.07, 6.45) is 0.695. The Morgan fingerprint density at radius 1 is 1.22 bits per heavy atom. The number of nitrogens with one attached hydrogen (secondary N) is 2. The number of likely N-dealkylation sites (tertiary alicyclic amines) is 1. The van der Waals surface area contributed by atoms with E-state index in [0.29, 0.717) is 19.4 Å². The predicted octanol–water partition coefficient (Wildman–Crippen LogP) is -2.81. The molecule has 152 valence electrons. The molecule has 12 heteroatoms. The molecule has 0 radical (unpaired) electrons. The van der Waals surface area contributed by atoms with E-state index in [4.69, 9.17) is 16.6 Å². The zero-order valence-electron chi connectivity index (χ0n) is 14.7. The quantitative estimate of drug-likeness (QED) is 0.212. The van der Waals surface area contributed by atoms with Crippen molar-refractivity contribution in [1.82, 2.24) is 15.5 Å². The second kappa shape index (κ2) is 10.7. The molecule has 1 fully saturated rings. The van der Waals surface area contributed by atoms with E-state index in [2.05, 4.69) is 23.3 Å². The van der Waals surface area contributed by atoms with Crippen LogP contribution in [0.1, 0.15) is 25.7 Å². The Morgan fingerprint density at radius 2 is 1.89 bits per heavy atom. The normalized spacial score (nSPS) is 18.4. The van der Waals surface area contributed by atoms with Crippen LogP contribution in [-0.2, 0) is 24.0 Å². The summed E-state index contributed by atoms with van der Waals surface area (Å²) in [6.45, 7) is -0.130. The molecule has 1 aliphatic rings. The van der Waals surface area contributed by atoms with E-state index < -0.39 is 54.3 Å². The maximum absolute atomic E-state index is 12.3. The summed E-state index contributed by atoms with van der Waals surface area (Å²) in [5.74, 6) is -3.57. The van der Waals surface area contributed by atoms with Gasteiger partial charge in [-0.3, -0.25) is 19.2 Å². The summed E-state index contributed by atoms with van der Waals surface area (Å²) in [7, 11) is 0. The van der Waals surface area contributed by atoms with Gasteiger partial charge in [0.05, 0.1) is 12.6 Å². The molecule has 0 aromatic carbocycles. The maximum Gasteiger partial charge on any atom is 0.326 e. The topological polar surface area (TPSA) is 185 Å². The van der Waals surface area contributed by atoms with E-state index in [1.165, 1.54) is 4.90 Å². The monoisotopic (exact) mass is 403 g/mol. The predicted molar refractivity (Wildman–Crippen MR) is 97.6 cm³/mol. The number of carboxylic acids is 1. The summed E-state index contributed by atoms with van der Waals surface area (Å²) in [5.41, 5.74) is 10.6. The van der Waals surface area contributed by atoms with Gasteiger partial charge < -0.3 is 32.1 Å². The fourth-order valence-corrected chi connectivity index (χ4v) is 2.79. The zero-order valence-corrected chi connectivity index (χ0v) is 15.6. The molecule has 7 N–H and O–H groups in total. The summed E-state index contributed by atoms with van der Waals surface area (Å²) in [4.78, 5) is 59.7. The number of hydrogen-bond acceptors (Lipinski definition) is 7. The molecule has 1 rings (SSSR count). The van der Waals surface area contributed by atoms with Crippen molar-refractivity contribution in [1.29, 1.82) is 0 Å². The van der Waals surface area contributed by atoms with Gasteiger partial charge in [-0.25, -0.2) is 4.79 Å². The first-order valence-corrected chi connectivity index (χ1v) is 9.05. The molecule has 27 heavy (non-hydrogen) atoms. The molecule has 0 saturated carbocycles. The van der Waals surface area contributed by atoms with E-state index in [-0.39, 0.29) is 18.6 Å². The van der Waals surface area contributed by atoms with Gasteiger partial charge in [0, 0.05) is 18.7 Å². The average Bonchev–Trinajstić information content (AvgIpc) is 3.11. The van der Waals surface area contributed by atoms with Crippen molar-refractivity contribution in [3.63, 3.8) is 0 Å². The van der Waals surface area contributed by atoms with Crippen molar-refractivity contribution >= 4 is 42.2 Å². The molecule has 4 amide bonds. The largest absolute Gasteiger partial charge is 0.480 e. The standard InChI is InChI=1S/C15H25N5O6S/c16-8(7-27)13(23)19-9(3-4-11(17)21)14(24)18-6-12(22)20-5-1-2-10(20)15(25)26/h8-10,27H,1-7,16H2,(H2,17,21)(H,18,24)(H,19,23)(H,25,26). The first kappa shape index (κ1) is 22.7. The molecule has 0 spiro atoms. The molecule has 1 heterocycles. The van der Waals surface area contributed by atoms with Crippen LogP contribution >= 0.6 is 12.6 Å². The minimum Gasteiger partial charge on any atom is -0.480 e. The maximum atomic E-state index is 12.3. The molecule has 3 atom stereocenters. The van der Waals surface area contributed by atoms with Crippen LogP contribution in [0.4, 0.5) is 0 Å². The number of primary amides is 1. The van der Waals surface area contributed by atoms with Gasteiger partial charge in [-0.15, -0.1) is 0 Å². The second-order valence-corrected chi connectivity index (χ2v) is 6.52. The Hall–Kier alpha value is -2.34. The van der Waals surface area contributed by atoms with Gasteiger partial charge >= 0.3 is 5.97 Å². The number of thiol groups is 1. The smallest absolute Gasteiger partial charge is 0.326 e. The lowest BCUT2D eigenvalue weighted by Gasteiger charge is -2.23. The molecular weight excluding hydrogens is 378 g/mol. The number of hydrogen-bond donors (Lipinski definition) is 6. The number of nitrogens with two attached hydrogens (primary N) is 2. The van der Waals surface area contributed by atoms with Crippen molar-refractivity contribution in [2.24, 2.45) is 11.5 Å². The highest BCUT2D eigenvalue weighted by Crippen LogP contribution is 2.17. The third kappa shape index (κ3) is 7.06. The zero-order chi connectivity index (χ0) is 20.6. The minimum atomic E-state index is -1.11. The Kier molecular flexibility index (Phi) is 9.02. The molecule has 1 saturated heterocycles. The fraction of sp³-hybridized carbons (Fsp3) is 0.667. The van der Waals surface area contributed by atoms with Crippen LogP contribution in [0, 0.1) is 0 Å². The lowest BCUT2D eigenvalue weighted by Crippen LogP contribution is -2.54. The molecule has 11 nitrogen and oxygen atoms in total. The van der Waals surface area contributed by atoms with Gasteiger partial charge in [0.2, 0.25) is 23.6 Å². The van der Waals surface area contributed by atoms with Crippen LogP contribution in [0.3, 0.4) is 0 Å². The summed E-state index contributed by atoms with van der Waals surface area (Å²) >= 11 is 3.90. The van der Waals surface area contributed by atoms with Gasteiger partial charge in [-0.1, -0.05) is 0 Å². The van der Waals surface area contributed by atoms with E-state index >= 15 is 0 Å². The molecule has 0 aliphatic carbocycles. The van der Waals surface area contributed by atoms with E-state index in [1.54, 1.807) is 0 Å². The Labute approximate surface area is 161 Å². The van der Waals surface area contributed by atoms with E-state index in [1.807, 2.05) is 0 Å². The van der Waals surface area contributed by atoms with Crippen molar-refractivity contribution in [3.8, 4) is 0 Å². The number of aliphatic carboxylic acids is 1. The third-order valence-corrected chi connectivity index (χ3v) is 4.51. The van der Waals surface area contributed by atoms with Crippen LogP contribution in [0.2, 0.25) is 0 Å². The van der Waals surface area contributed by atoms with Gasteiger partial charge in [-0.05, 0) is 19.3 Å². The Morgan fingerprint density at radius 3 is 2.44 bits per heavy atom. The molecule has 0 bridgehead atoms. The Bertz CT molecular complexity index is 601. The molecule has 0 aromatic rings. The number of carbonyl (C=O) groups excluding carboxylic acids is 4. The van der Waals surface area contributed by atoms with Crippen LogP contribution in [-0.4, -0.2) is 76.6 Å². The lowest BCUT2D eigenvalue weighted by molar-refractivity contribution is -0.148. The summed E-state index contributed by atoms with van der Waals surface area (Å²) in [5, 5.41) is 13.9. The highest BCUT2D eigenvalue weighted by atomic mass is 32.1. The van der Waals surface area contributed by atoms with Gasteiger partial charge in [0.25, 0.3) is 0 Å². The number of nitrogens with zero attached hydrogens (tertiary/aromatic N) is 1. The summed E-state index contributed by atoms with van der Waals surface area (Å²) in [6, 6.07) is -2.97. The van der Waals surface area contributed by atoms with Crippen molar-refractivity contribution in [3.05, 3.63) is 0 Å². The number of amides is 4. The highest BCUT2D eigenvalue weighted by Gasteiger charge is 2.34. The van der Waals surface area contributed by atoms with E-state index in [9.17, 15) is 24.0 Å². The SMILES string of the molecule is NC(=O)CCC(NC(=O)C(N)CS)C(=O)NCC(=O)N1CCCC1C(=O)O. The van der Waals surface area contributed by atoms with E-state index in [0.717, 1.165) is 0 Å². The average molecular weight is 403 g/mol. The molecule has 3 unspecified atom stereocenters. The van der Waals surface area contributed by atoms with Crippen molar-refractivity contribution in [2.45, 2.75) is 43.8 Å². The van der Waals surface area contributed by atoms with Gasteiger partial charge in [0.15, 0.2) is 0 Å². The van der Waals surface area contributed by atoms with Crippen molar-refractivity contribution in [2.75, 3.05) is 18.8 Å². The van der Waals surface area contributed by atoms with Crippen LogP contribution < -0.4 is 22.1 Å². The van der Waals surface area contributed by atoms with Crippen molar-refractivity contribution < 1.29 is 29.1 Å². The summed E-state index contributed by atoms with van der Waals surface area (Å²) < 4.78 is 0. The molecule has 0 aromatic heterocycles. The van der Waals surface area contributed by atoms with Crippen LogP contribution in [0.15, 0.2) is 0 Å². The third-order valence-electron chi connectivity index (χ3n) is 4.12. The fourth-order valence-electron chi connectivity index (χ4n) is 2.63. The first-order chi connectivity index (χ1) is 12.7. The second-order valence-electron chi connectivity index (χ2n) is 6.16. The highest BCUT2D eigenvalue weighted by molar-refractivity contribution is 7.80. The number of carbonyl (C=O) groups is 5. The minimum absolute atomic E-state index is 0.0556. The molecular formula is C15H25N5O6S. The first-order valence-electron chi connectivity index (χ1n) is 8.42. The van der Waals surface area contributed by atoms with Crippen LogP contribution in [0.25, 0.3) is 0 Å². The van der Waals surface area contributed by atoms with Crippen LogP contribution in [0.5, 0.6) is 0 Å². The van der Waals surface area contributed by atoms with Gasteiger partial charge in [-0.2, -0.15) is 12.6 Å². The number of rotatable bonds is 10. The molecule has 1 aliphatic heterocycles. The van der Waals surface area contributed by atoms with Gasteiger partial charge in [0.1, 0.15) is 12.1 Å².